The number of nitrogens with one attached hydrogen (secondary N) is 2. The van der Waals surface area contributed by atoms with Crippen molar-refractivity contribution in [3.8, 4) is 11.5 Å². The molecule has 1 saturated heterocycles. The lowest BCUT2D eigenvalue weighted by molar-refractivity contribution is -0.150. The van der Waals surface area contributed by atoms with Crippen LogP contribution in [0.2, 0.25) is 0 Å². The normalized spacial score (nSPS) is 22.8. The van der Waals surface area contributed by atoms with Crippen LogP contribution in [-0.4, -0.2) is 47.4 Å². The average Bonchev–Trinajstić information content (AvgIpc) is 3.01. The first kappa shape index (κ1) is 25.2. The first-order valence-electron chi connectivity index (χ1n) is 12.0. The predicted molar refractivity (Wildman–Crippen MR) is 132 cm³/mol. The van der Waals surface area contributed by atoms with Crippen molar-refractivity contribution < 1.29 is 28.7 Å². The number of ether oxygens (including phenoxy) is 2. The van der Waals surface area contributed by atoms with E-state index in [1.807, 2.05) is 30.3 Å². The Hall–Kier alpha value is -3.88. The fourth-order valence-corrected chi connectivity index (χ4v) is 5.40. The van der Waals surface area contributed by atoms with Crippen LogP contribution in [-0.2, 0) is 19.1 Å². The van der Waals surface area contributed by atoms with E-state index in [4.69, 9.17) is 9.47 Å². The number of carbonyl (C=O) groups excluding carboxylic acids is 4. The molecule has 1 spiro atoms. The molecule has 4 rings (SSSR count). The highest BCUT2D eigenvalue weighted by atomic mass is 16.5. The minimum atomic E-state index is -0.994. The summed E-state index contributed by atoms with van der Waals surface area (Å²) in [6.07, 6.45) is 2.00. The number of para-hydroxylation sites is 1. The number of hydrogen-bond acceptors (Lipinski definition) is 6. The van der Waals surface area contributed by atoms with Crippen LogP contribution in [0.4, 0.5) is 10.5 Å². The number of amides is 4. The minimum absolute atomic E-state index is 0.110. The first-order valence-corrected chi connectivity index (χ1v) is 12.0. The van der Waals surface area contributed by atoms with E-state index in [-0.39, 0.29) is 11.3 Å². The SMILES string of the molecule is CC1CC(C)(C)CC2(C1)NC(=O)N(CC(=O)OCC(=O)Nc1ccc(Oc3ccccc3)cc1)C2=O. The smallest absolute Gasteiger partial charge is 0.326 e. The summed E-state index contributed by atoms with van der Waals surface area (Å²) in [5.41, 5.74) is -0.602. The lowest BCUT2D eigenvalue weighted by atomic mass is 9.64. The third-order valence-corrected chi connectivity index (χ3v) is 6.39. The van der Waals surface area contributed by atoms with Crippen molar-refractivity contribution in [1.82, 2.24) is 10.2 Å². The fourth-order valence-electron chi connectivity index (χ4n) is 5.40. The molecular weight excluding hydrogens is 462 g/mol. The van der Waals surface area contributed by atoms with Crippen molar-refractivity contribution in [2.45, 2.75) is 45.6 Å². The zero-order chi connectivity index (χ0) is 25.9. The number of benzene rings is 2. The Labute approximate surface area is 210 Å². The molecule has 4 amide bonds. The summed E-state index contributed by atoms with van der Waals surface area (Å²) in [5, 5.41) is 5.45. The summed E-state index contributed by atoms with van der Waals surface area (Å²) < 4.78 is 10.7. The molecule has 1 heterocycles. The summed E-state index contributed by atoms with van der Waals surface area (Å²) in [5.74, 6) is -0.234. The molecule has 2 unspecified atom stereocenters. The lowest BCUT2D eigenvalue weighted by Gasteiger charge is -2.43. The highest BCUT2D eigenvalue weighted by Crippen LogP contribution is 2.46. The third kappa shape index (κ3) is 5.84. The Morgan fingerprint density at radius 3 is 2.36 bits per heavy atom. The zero-order valence-corrected chi connectivity index (χ0v) is 20.7. The van der Waals surface area contributed by atoms with Crippen LogP contribution in [0.1, 0.15) is 40.0 Å². The largest absolute Gasteiger partial charge is 0.457 e. The highest BCUT2D eigenvalue weighted by molar-refractivity contribution is 6.09. The van der Waals surface area contributed by atoms with Gasteiger partial charge in [-0.2, -0.15) is 0 Å². The second-order valence-corrected chi connectivity index (χ2v) is 10.4. The van der Waals surface area contributed by atoms with E-state index in [1.54, 1.807) is 24.3 Å². The van der Waals surface area contributed by atoms with Crippen LogP contribution in [0.25, 0.3) is 0 Å². The number of urea groups is 1. The molecule has 36 heavy (non-hydrogen) atoms. The maximum atomic E-state index is 13.1. The van der Waals surface area contributed by atoms with Crippen molar-refractivity contribution in [2.24, 2.45) is 11.3 Å². The van der Waals surface area contributed by atoms with E-state index < -0.39 is 42.5 Å². The van der Waals surface area contributed by atoms with Crippen molar-refractivity contribution in [2.75, 3.05) is 18.5 Å². The van der Waals surface area contributed by atoms with Gasteiger partial charge in [0.25, 0.3) is 11.8 Å². The first-order chi connectivity index (χ1) is 17.1. The standard InChI is InChI=1S/C27H31N3O6/c1-18-13-26(2,3)17-27(14-18)24(33)30(25(34)29-27)15-23(32)35-16-22(31)28-19-9-11-21(12-10-19)36-20-7-5-4-6-8-20/h4-12,18H,13-17H2,1-3H3,(H,28,31)(H,29,34). The van der Waals surface area contributed by atoms with Crippen LogP contribution in [0.5, 0.6) is 11.5 Å². The lowest BCUT2D eigenvalue weighted by Crippen LogP contribution is -2.54. The quantitative estimate of drug-likeness (QED) is 0.444. The maximum absolute atomic E-state index is 13.1. The number of hydrogen-bond donors (Lipinski definition) is 2. The van der Waals surface area contributed by atoms with Gasteiger partial charge in [0.05, 0.1) is 0 Å². The fraction of sp³-hybridized carbons (Fsp3) is 0.407. The minimum Gasteiger partial charge on any atom is -0.457 e. The number of imide groups is 1. The molecule has 2 N–H and O–H groups in total. The number of rotatable bonds is 7. The summed E-state index contributed by atoms with van der Waals surface area (Å²) in [6.45, 7) is 5.12. The molecule has 9 heteroatoms. The van der Waals surface area contributed by atoms with Gasteiger partial charge in [-0.05, 0) is 67.0 Å². The topological polar surface area (TPSA) is 114 Å². The number of esters is 1. The van der Waals surface area contributed by atoms with Gasteiger partial charge in [-0.25, -0.2) is 4.79 Å². The van der Waals surface area contributed by atoms with Gasteiger partial charge in [-0.3, -0.25) is 19.3 Å². The van der Waals surface area contributed by atoms with Crippen LogP contribution in [0.3, 0.4) is 0 Å². The molecule has 2 aliphatic rings. The summed E-state index contributed by atoms with van der Waals surface area (Å²) in [7, 11) is 0. The third-order valence-electron chi connectivity index (χ3n) is 6.39. The molecular formula is C27H31N3O6. The molecule has 9 nitrogen and oxygen atoms in total. The predicted octanol–water partition coefficient (Wildman–Crippen LogP) is 4.10. The molecule has 2 fully saturated rings. The van der Waals surface area contributed by atoms with Crippen molar-refractivity contribution in [1.29, 1.82) is 0 Å². The van der Waals surface area contributed by atoms with Gasteiger partial charge in [0, 0.05) is 5.69 Å². The summed E-state index contributed by atoms with van der Waals surface area (Å²) >= 11 is 0. The van der Waals surface area contributed by atoms with Gasteiger partial charge in [-0.1, -0.05) is 39.0 Å². The molecule has 0 bridgehead atoms. The van der Waals surface area contributed by atoms with Crippen molar-refractivity contribution in [3.05, 3.63) is 54.6 Å². The molecule has 2 aromatic carbocycles. The van der Waals surface area contributed by atoms with Crippen LogP contribution in [0, 0.1) is 11.3 Å². The number of nitrogens with zero attached hydrogens (tertiary/aromatic N) is 1. The molecule has 0 aromatic heterocycles. The van der Waals surface area contributed by atoms with Crippen molar-refractivity contribution >= 4 is 29.5 Å². The summed E-state index contributed by atoms with van der Waals surface area (Å²) in [4.78, 5) is 51.1. The highest BCUT2D eigenvalue weighted by Gasteiger charge is 2.56. The summed E-state index contributed by atoms with van der Waals surface area (Å²) in [6, 6.07) is 15.4. The molecule has 2 aromatic rings. The van der Waals surface area contributed by atoms with Gasteiger partial charge in [0.15, 0.2) is 6.61 Å². The molecule has 190 valence electrons. The molecule has 1 saturated carbocycles. The van der Waals surface area contributed by atoms with Crippen LogP contribution >= 0.6 is 0 Å². The molecule has 2 atom stereocenters. The maximum Gasteiger partial charge on any atom is 0.326 e. The van der Waals surface area contributed by atoms with Crippen LogP contribution in [0.15, 0.2) is 54.6 Å². The zero-order valence-electron chi connectivity index (χ0n) is 20.7. The van der Waals surface area contributed by atoms with E-state index in [0.29, 0.717) is 30.0 Å². The van der Waals surface area contributed by atoms with Crippen molar-refractivity contribution in [3.63, 3.8) is 0 Å². The van der Waals surface area contributed by atoms with Gasteiger partial charge in [0.2, 0.25) is 0 Å². The number of anilines is 1. The van der Waals surface area contributed by atoms with Gasteiger partial charge in [0.1, 0.15) is 23.6 Å². The average molecular weight is 494 g/mol. The Bertz CT molecular complexity index is 1150. The Morgan fingerprint density at radius 1 is 1.03 bits per heavy atom. The van der Waals surface area contributed by atoms with Gasteiger partial charge >= 0.3 is 12.0 Å². The Balaban J connectivity index is 1.26. The molecule has 1 aliphatic heterocycles. The molecule has 1 aliphatic carbocycles. The van der Waals surface area contributed by atoms with E-state index in [0.717, 1.165) is 11.3 Å². The monoisotopic (exact) mass is 493 g/mol. The van der Waals surface area contributed by atoms with E-state index in [2.05, 4.69) is 31.4 Å². The second kappa shape index (κ2) is 10.0. The van der Waals surface area contributed by atoms with E-state index in [1.165, 1.54) is 0 Å². The second-order valence-electron chi connectivity index (χ2n) is 10.4. The Kier molecular flexibility index (Phi) is 7.01. The van der Waals surface area contributed by atoms with E-state index >= 15 is 0 Å². The Morgan fingerprint density at radius 2 is 1.69 bits per heavy atom. The number of carbonyl (C=O) groups is 4. The van der Waals surface area contributed by atoms with E-state index in [9.17, 15) is 19.2 Å². The van der Waals surface area contributed by atoms with Gasteiger partial charge < -0.3 is 20.1 Å². The van der Waals surface area contributed by atoms with Gasteiger partial charge in [-0.15, -0.1) is 0 Å². The molecule has 0 radical (unpaired) electrons. The van der Waals surface area contributed by atoms with Crippen LogP contribution < -0.4 is 15.4 Å².